The average Bonchev–Trinajstić information content (AvgIpc) is 1.66. The zero-order chi connectivity index (χ0) is 6.41. The van der Waals surface area contributed by atoms with Gasteiger partial charge in [0, 0.05) is 13.1 Å². The summed E-state index contributed by atoms with van der Waals surface area (Å²) in [6.07, 6.45) is 0. The number of amides is 1. The molecule has 0 spiro atoms. The molecule has 0 aromatic rings. The Morgan fingerprint density at radius 1 is 1.62 bits per heavy atom. The fourth-order valence-electron chi connectivity index (χ4n) is 0.294. The molecule has 0 saturated heterocycles. The first kappa shape index (κ1) is 7.78. The lowest BCUT2D eigenvalue weighted by atomic mass is 10.6. The molecule has 2 N–H and O–H groups in total. The van der Waals surface area contributed by atoms with Crippen LogP contribution in [-0.2, 0) is 0 Å². The van der Waals surface area contributed by atoms with E-state index in [9.17, 15) is 4.79 Å². The molecule has 0 aliphatic rings. The predicted molar refractivity (Wildman–Crippen MR) is 36.3 cm³/mol. The van der Waals surface area contributed by atoms with Crippen LogP contribution in [0.5, 0.6) is 0 Å². The van der Waals surface area contributed by atoms with Crippen molar-refractivity contribution in [1.29, 1.82) is 0 Å². The molecule has 0 aliphatic carbocycles. The van der Waals surface area contributed by atoms with Gasteiger partial charge in [-0.25, -0.2) is 0 Å². The molecule has 3 nitrogen and oxygen atoms in total. The van der Waals surface area contributed by atoms with Gasteiger partial charge in [-0.2, -0.15) is 0 Å². The molecule has 0 radical (unpaired) electrons. The second kappa shape index (κ2) is 4.93. The van der Waals surface area contributed by atoms with E-state index >= 15 is 0 Å². The van der Waals surface area contributed by atoms with E-state index in [0.717, 1.165) is 6.54 Å². The summed E-state index contributed by atoms with van der Waals surface area (Å²) in [6.45, 7) is 1.42. The van der Waals surface area contributed by atoms with Crippen molar-refractivity contribution < 1.29 is 4.79 Å². The highest BCUT2D eigenvalue weighted by atomic mass is 32.1. The van der Waals surface area contributed by atoms with Crippen LogP contribution in [0.3, 0.4) is 0 Å². The molecule has 0 bridgehead atoms. The summed E-state index contributed by atoms with van der Waals surface area (Å²) >= 11 is 3.49. The lowest BCUT2D eigenvalue weighted by molar-refractivity contribution is 0.261. The Morgan fingerprint density at radius 2 is 2.25 bits per heavy atom. The summed E-state index contributed by atoms with van der Waals surface area (Å²) < 4.78 is 0. The third-order valence-electron chi connectivity index (χ3n) is 0.651. The van der Waals surface area contributed by atoms with Crippen molar-refractivity contribution >= 4 is 17.9 Å². The van der Waals surface area contributed by atoms with Crippen molar-refractivity contribution in [1.82, 2.24) is 10.6 Å². The minimum atomic E-state index is -0.278. The SMILES string of the molecule is CNCCNC(=O)S. The monoisotopic (exact) mass is 134 g/mol. The molecule has 0 fully saturated rings. The number of hydrogen-bond donors (Lipinski definition) is 3. The number of hydrogen-bond acceptors (Lipinski definition) is 2. The first-order valence-electron chi connectivity index (χ1n) is 2.38. The second-order valence-electron chi connectivity index (χ2n) is 1.34. The summed E-state index contributed by atoms with van der Waals surface area (Å²) in [5.41, 5.74) is 0. The Bertz CT molecular complexity index is 76.4. The highest BCUT2D eigenvalue weighted by Gasteiger charge is 1.86. The molecular weight excluding hydrogens is 124 g/mol. The van der Waals surface area contributed by atoms with Crippen molar-refractivity contribution in [3.63, 3.8) is 0 Å². The van der Waals surface area contributed by atoms with Crippen molar-refractivity contribution in [3.05, 3.63) is 0 Å². The molecule has 0 rings (SSSR count). The Morgan fingerprint density at radius 3 is 2.62 bits per heavy atom. The summed E-state index contributed by atoms with van der Waals surface area (Å²) in [7, 11) is 1.82. The predicted octanol–water partition coefficient (Wildman–Crippen LogP) is -0.155. The van der Waals surface area contributed by atoms with Gasteiger partial charge in [0.2, 0.25) is 0 Å². The largest absolute Gasteiger partial charge is 0.346 e. The van der Waals surface area contributed by atoms with Crippen LogP contribution >= 0.6 is 12.6 Å². The molecule has 8 heavy (non-hydrogen) atoms. The molecule has 1 amide bonds. The van der Waals surface area contributed by atoms with Gasteiger partial charge in [-0.1, -0.05) is 12.6 Å². The number of carbonyl (C=O) groups is 1. The fourth-order valence-corrected chi connectivity index (χ4v) is 0.406. The third-order valence-corrected chi connectivity index (χ3v) is 0.809. The van der Waals surface area contributed by atoms with Crippen LogP contribution in [0.1, 0.15) is 0 Å². The summed E-state index contributed by atoms with van der Waals surface area (Å²) in [4.78, 5) is 10.0. The molecule has 0 aromatic carbocycles. The van der Waals surface area contributed by atoms with Gasteiger partial charge in [0.15, 0.2) is 0 Å². The van der Waals surface area contributed by atoms with Crippen LogP contribution < -0.4 is 10.6 Å². The summed E-state index contributed by atoms with van der Waals surface area (Å²) in [6, 6.07) is 0. The molecular formula is C4H10N2OS. The fraction of sp³-hybridized carbons (Fsp3) is 0.750. The maximum Gasteiger partial charge on any atom is 0.276 e. The van der Waals surface area contributed by atoms with Gasteiger partial charge in [-0.05, 0) is 7.05 Å². The molecule has 0 aliphatic heterocycles. The second-order valence-corrected chi connectivity index (χ2v) is 1.74. The van der Waals surface area contributed by atoms with Crippen molar-refractivity contribution in [2.45, 2.75) is 0 Å². The van der Waals surface area contributed by atoms with Crippen LogP contribution in [0.25, 0.3) is 0 Å². The maximum absolute atomic E-state index is 10.0. The third kappa shape index (κ3) is 5.78. The van der Waals surface area contributed by atoms with E-state index in [-0.39, 0.29) is 5.24 Å². The van der Waals surface area contributed by atoms with Crippen LogP contribution in [0.2, 0.25) is 0 Å². The zero-order valence-electron chi connectivity index (χ0n) is 4.77. The Kier molecular flexibility index (Phi) is 4.79. The van der Waals surface area contributed by atoms with E-state index in [0.29, 0.717) is 6.54 Å². The van der Waals surface area contributed by atoms with Crippen molar-refractivity contribution in [2.75, 3.05) is 20.1 Å². The maximum atomic E-state index is 10.0. The highest BCUT2D eigenvalue weighted by Crippen LogP contribution is 1.71. The van der Waals surface area contributed by atoms with E-state index < -0.39 is 0 Å². The molecule has 4 heteroatoms. The van der Waals surface area contributed by atoms with Crippen LogP contribution in [0.4, 0.5) is 4.79 Å². The van der Waals surface area contributed by atoms with E-state index in [1.807, 2.05) is 7.05 Å². The molecule has 0 heterocycles. The molecule has 0 aromatic heterocycles. The average molecular weight is 134 g/mol. The minimum Gasteiger partial charge on any atom is -0.346 e. The number of nitrogens with one attached hydrogen (secondary N) is 2. The lowest BCUT2D eigenvalue weighted by Gasteiger charge is -1.97. The normalized spacial score (nSPS) is 8.75. The van der Waals surface area contributed by atoms with Crippen LogP contribution in [0.15, 0.2) is 0 Å². The summed E-state index contributed by atoms with van der Waals surface area (Å²) in [5.74, 6) is 0. The number of likely N-dealkylation sites (N-methyl/N-ethyl adjacent to an activating group) is 1. The van der Waals surface area contributed by atoms with Crippen LogP contribution in [-0.4, -0.2) is 25.4 Å². The van der Waals surface area contributed by atoms with Gasteiger partial charge in [0.25, 0.3) is 5.24 Å². The van der Waals surface area contributed by atoms with Gasteiger partial charge in [-0.3, -0.25) is 4.79 Å². The molecule has 48 valence electrons. The Balaban J connectivity index is 2.82. The first-order chi connectivity index (χ1) is 3.77. The molecule has 0 atom stereocenters. The van der Waals surface area contributed by atoms with Crippen LogP contribution in [0, 0.1) is 0 Å². The van der Waals surface area contributed by atoms with E-state index in [1.165, 1.54) is 0 Å². The zero-order valence-corrected chi connectivity index (χ0v) is 5.66. The van der Waals surface area contributed by atoms with E-state index in [4.69, 9.17) is 0 Å². The standard InChI is InChI=1S/C4H10N2OS/c1-5-2-3-6-4(7)8/h5H,2-3H2,1H3,(H2,6,7,8). The van der Waals surface area contributed by atoms with E-state index in [2.05, 4.69) is 23.3 Å². The smallest absolute Gasteiger partial charge is 0.276 e. The van der Waals surface area contributed by atoms with Gasteiger partial charge >= 0.3 is 0 Å². The molecule has 0 unspecified atom stereocenters. The van der Waals surface area contributed by atoms with Gasteiger partial charge in [-0.15, -0.1) is 0 Å². The number of carbonyl (C=O) groups excluding carboxylic acids is 1. The number of thiol groups is 1. The Labute approximate surface area is 54.3 Å². The Hall–Kier alpha value is -0.220. The van der Waals surface area contributed by atoms with Crippen molar-refractivity contribution in [2.24, 2.45) is 0 Å². The highest BCUT2D eigenvalue weighted by molar-refractivity contribution is 7.96. The van der Waals surface area contributed by atoms with E-state index in [1.54, 1.807) is 0 Å². The summed E-state index contributed by atoms with van der Waals surface area (Å²) in [5, 5.41) is 5.11. The van der Waals surface area contributed by atoms with Gasteiger partial charge in [0.05, 0.1) is 0 Å². The lowest BCUT2D eigenvalue weighted by Crippen LogP contribution is -2.26. The van der Waals surface area contributed by atoms with Gasteiger partial charge in [0.1, 0.15) is 0 Å². The first-order valence-corrected chi connectivity index (χ1v) is 2.83. The topological polar surface area (TPSA) is 41.1 Å². The quantitative estimate of drug-likeness (QED) is 0.371. The van der Waals surface area contributed by atoms with Crippen molar-refractivity contribution in [3.8, 4) is 0 Å². The van der Waals surface area contributed by atoms with Gasteiger partial charge < -0.3 is 10.6 Å². The minimum absolute atomic E-state index is 0.278. The molecule has 0 saturated carbocycles. The number of rotatable bonds is 3.